The first-order valence-electron chi connectivity index (χ1n) is 13.6. The molecule has 0 atom stereocenters. The molecule has 0 bridgehead atoms. The summed E-state index contributed by atoms with van der Waals surface area (Å²) in [5.74, 6) is 0. The largest absolute Gasteiger partial charge is 1.00 e. The minimum atomic E-state index is 0. The second-order valence-corrected chi connectivity index (χ2v) is 10.2. The molecule has 31 heavy (non-hydrogen) atoms. The van der Waals surface area contributed by atoms with Gasteiger partial charge in [-0.25, -0.2) is 0 Å². The summed E-state index contributed by atoms with van der Waals surface area (Å²) in [6.07, 6.45) is 28.7. The van der Waals surface area contributed by atoms with Crippen LogP contribution in [0, 0.1) is 0 Å². The van der Waals surface area contributed by atoms with Gasteiger partial charge in [0.2, 0.25) is 0 Å². The fourth-order valence-corrected chi connectivity index (χ4v) is 3.74. The zero-order valence-electron chi connectivity index (χ0n) is 22.5. The van der Waals surface area contributed by atoms with Crippen LogP contribution in [-0.2, 0) is 0 Å². The van der Waals surface area contributed by atoms with Crippen LogP contribution >= 0.6 is 0 Å². The normalized spacial score (nSPS) is 10.6. The lowest BCUT2D eigenvalue weighted by Gasteiger charge is -2.23. The highest BCUT2D eigenvalue weighted by Gasteiger charge is 2.04. The van der Waals surface area contributed by atoms with Gasteiger partial charge in [-0.1, -0.05) is 117 Å². The molecule has 0 unspecified atom stereocenters. The van der Waals surface area contributed by atoms with Crippen LogP contribution < -0.4 is 30.5 Å². The summed E-state index contributed by atoms with van der Waals surface area (Å²) < 4.78 is 1.12. The maximum absolute atomic E-state index is 3.85. The average Bonchev–Trinajstić information content (AvgIpc) is 2.68. The summed E-state index contributed by atoms with van der Waals surface area (Å²) in [6, 6.07) is 0. The van der Waals surface area contributed by atoms with Crippen molar-refractivity contribution in [1.29, 1.82) is 0 Å². The Labute approximate surface area is 211 Å². The van der Waals surface area contributed by atoms with Gasteiger partial charge >= 0.3 is 0 Å². The van der Waals surface area contributed by atoms with Crippen LogP contribution in [0.5, 0.6) is 0 Å². The van der Waals surface area contributed by atoms with E-state index in [1.807, 2.05) is 0 Å². The van der Waals surface area contributed by atoms with Crippen LogP contribution in [0.15, 0.2) is 0 Å². The molecule has 0 saturated heterocycles. The van der Waals surface area contributed by atoms with Crippen molar-refractivity contribution < 1.29 is 35.0 Å². The molecule has 0 aromatic rings. The van der Waals surface area contributed by atoms with Crippen molar-refractivity contribution in [2.75, 3.05) is 34.2 Å². The quantitative estimate of drug-likeness (QED) is 0.190. The number of hydrogen-bond donors (Lipinski definition) is 1. The van der Waals surface area contributed by atoms with Gasteiger partial charge in [-0.3, -0.25) is 0 Å². The van der Waals surface area contributed by atoms with Crippen LogP contribution in [0.25, 0.3) is 0 Å². The lowest BCUT2D eigenvalue weighted by atomic mass is 10.1. The number of nitrogens with zero attached hydrogens (tertiary/aromatic N) is 1. The van der Waals surface area contributed by atoms with Crippen molar-refractivity contribution in [3.05, 3.63) is 0 Å². The van der Waals surface area contributed by atoms with E-state index in [4.69, 9.17) is 0 Å². The Bertz CT molecular complexity index is 271. The monoisotopic (exact) mass is 484 g/mol. The first-order valence-corrected chi connectivity index (χ1v) is 13.6. The van der Waals surface area contributed by atoms with Crippen molar-refractivity contribution in [3.8, 4) is 0 Å². The van der Waals surface area contributed by atoms with Crippen LogP contribution in [0.1, 0.15) is 142 Å². The molecule has 0 aliphatic heterocycles. The Hall–Kier alpha value is 0.500. The molecule has 0 aliphatic carbocycles. The molecule has 194 valence electrons. The lowest BCUT2D eigenvalue weighted by molar-refractivity contribution is -0.870. The van der Waals surface area contributed by atoms with Crippen molar-refractivity contribution in [2.24, 2.45) is 0 Å². The molecule has 3 N–H and O–H groups in total. The van der Waals surface area contributed by atoms with Gasteiger partial charge in [0, 0.05) is 0 Å². The number of rotatable bonds is 21. The molecule has 2 nitrogen and oxygen atoms in total. The summed E-state index contributed by atoms with van der Waals surface area (Å²) in [4.78, 5) is 0. The van der Waals surface area contributed by atoms with Crippen LogP contribution in [0.4, 0.5) is 0 Å². The van der Waals surface area contributed by atoms with Crippen LogP contribution in [-0.4, -0.2) is 38.7 Å². The van der Waals surface area contributed by atoms with E-state index < -0.39 is 0 Å². The standard InChI is InChI=1S/C15H34N.C12H27N.2ClH/c1-5-6-7-8-9-10-11-12-13-14-15-16(2,3)4;1-2-3-4-5-6-7-8-9-10-11-12-13;;/h5-15H2,1-4H3;2-13H2,1H3;2*1H/q+1;;;/p-1. The molecular weight excluding hydrogens is 423 g/mol. The minimum Gasteiger partial charge on any atom is -1.00 e. The van der Waals surface area contributed by atoms with Gasteiger partial charge in [0.15, 0.2) is 0 Å². The molecule has 0 aromatic heterocycles. The Kier molecular flexibility index (Phi) is 40.8. The fraction of sp³-hybridized carbons (Fsp3) is 1.00. The zero-order chi connectivity index (χ0) is 22.1. The second kappa shape index (κ2) is 32.7. The van der Waals surface area contributed by atoms with Gasteiger partial charge < -0.3 is 35.0 Å². The number of hydrogen-bond acceptors (Lipinski definition) is 0. The van der Waals surface area contributed by atoms with Crippen molar-refractivity contribution in [3.63, 3.8) is 0 Å². The van der Waals surface area contributed by atoms with Gasteiger partial charge in [0.1, 0.15) is 0 Å². The zero-order valence-corrected chi connectivity index (χ0v) is 24.0. The number of halogens is 2. The summed E-state index contributed by atoms with van der Waals surface area (Å²) in [5, 5.41) is 0. The Balaban J connectivity index is -0.000000225. The highest BCUT2D eigenvalue weighted by molar-refractivity contribution is 4.48. The first kappa shape index (κ1) is 38.7. The highest BCUT2D eigenvalue weighted by Crippen LogP contribution is 2.11. The number of quaternary nitrogens is 2. The summed E-state index contributed by atoms with van der Waals surface area (Å²) in [5.41, 5.74) is 3.85. The molecule has 0 aromatic carbocycles. The van der Waals surface area contributed by atoms with Crippen molar-refractivity contribution in [2.45, 2.75) is 142 Å². The predicted octanol–water partition coefficient (Wildman–Crippen LogP) is 1.77. The third-order valence-corrected chi connectivity index (χ3v) is 5.79. The van der Waals surface area contributed by atoms with E-state index in [1.165, 1.54) is 135 Å². The Morgan fingerprint density at radius 3 is 0.935 bits per heavy atom. The van der Waals surface area contributed by atoms with Crippen LogP contribution in [0.3, 0.4) is 0 Å². The van der Waals surface area contributed by atoms with Gasteiger partial charge in [0.05, 0.1) is 34.2 Å². The van der Waals surface area contributed by atoms with Crippen LogP contribution in [0.2, 0.25) is 0 Å². The molecule has 0 fully saturated rings. The summed E-state index contributed by atoms with van der Waals surface area (Å²) >= 11 is 0. The minimum absolute atomic E-state index is 0. The lowest BCUT2D eigenvalue weighted by Crippen LogP contribution is -3.00. The summed E-state index contributed by atoms with van der Waals surface area (Å²) in [6.45, 7) is 7.01. The third-order valence-electron chi connectivity index (χ3n) is 5.79. The molecule has 0 aliphatic rings. The van der Waals surface area contributed by atoms with Gasteiger partial charge in [0.25, 0.3) is 0 Å². The van der Waals surface area contributed by atoms with Crippen molar-refractivity contribution >= 4 is 0 Å². The first-order chi connectivity index (χ1) is 14.0. The summed E-state index contributed by atoms with van der Waals surface area (Å²) in [7, 11) is 6.86. The van der Waals surface area contributed by atoms with Gasteiger partial charge in [-0.15, -0.1) is 0 Å². The van der Waals surface area contributed by atoms with E-state index in [-0.39, 0.29) is 24.8 Å². The molecule has 0 rings (SSSR count). The van der Waals surface area contributed by atoms with E-state index in [2.05, 4.69) is 40.7 Å². The smallest absolute Gasteiger partial charge is 0.0780 e. The van der Waals surface area contributed by atoms with Gasteiger partial charge in [-0.2, -0.15) is 0 Å². The van der Waals surface area contributed by atoms with E-state index in [0.29, 0.717) is 0 Å². The number of unbranched alkanes of at least 4 members (excludes halogenated alkanes) is 18. The SMILES string of the molecule is CCCCCCCCCCCC[N+](C)(C)C.CCCCCCCCCCCC[NH3+].[Cl-].[Cl-]. The predicted molar refractivity (Wildman–Crippen MR) is 134 cm³/mol. The highest BCUT2D eigenvalue weighted by atomic mass is 35.5. The maximum Gasteiger partial charge on any atom is 0.0780 e. The molecular formula is C27H62Cl2N2. The topological polar surface area (TPSA) is 27.6 Å². The molecule has 4 heteroatoms. The average molecular weight is 486 g/mol. The molecule has 0 heterocycles. The van der Waals surface area contributed by atoms with E-state index >= 15 is 0 Å². The van der Waals surface area contributed by atoms with E-state index in [0.717, 1.165) is 11.0 Å². The third kappa shape index (κ3) is 44.9. The van der Waals surface area contributed by atoms with E-state index in [9.17, 15) is 0 Å². The van der Waals surface area contributed by atoms with Gasteiger partial charge in [-0.05, 0) is 25.7 Å². The second-order valence-electron chi connectivity index (χ2n) is 10.2. The Morgan fingerprint density at radius 1 is 0.419 bits per heavy atom. The van der Waals surface area contributed by atoms with E-state index in [1.54, 1.807) is 0 Å². The Morgan fingerprint density at radius 2 is 0.677 bits per heavy atom. The molecule has 0 spiro atoms. The van der Waals surface area contributed by atoms with Crippen molar-refractivity contribution in [1.82, 2.24) is 0 Å². The maximum atomic E-state index is 3.85. The molecule has 0 radical (unpaired) electrons. The molecule has 0 amide bonds. The molecule has 0 saturated carbocycles. The fourth-order valence-electron chi connectivity index (χ4n) is 3.74.